The smallest absolute Gasteiger partial charge is 0.204 e. The van der Waals surface area contributed by atoms with Gasteiger partial charge < -0.3 is 4.42 Å². The van der Waals surface area contributed by atoms with Crippen LogP contribution >= 0.6 is 22.9 Å². The van der Waals surface area contributed by atoms with Crippen molar-refractivity contribution in [2.45, 2.75) is 26.2 Å². The van der Waals surface area contributed by atoms with Crippen molar-refractivity contribution >= 4 is 49.3 Å². The summed E-state index contributed by atoms with van der Waals surface area (Å²) in [5, 5.41) is 7.60. The predicted octanol–water partition coefficient (Wildman–Crippen LogP) is 7.59. The fourth-order valence-corrected chi connectivity index (χ4v) is 4.52. The summed E-state index contributed by atoms with van der Waals surface area (Å²) in [4.78, 5) is 4.60. The number of hydrogen-bond acceptors (Lipinski definition) is 5. The highest BCUT2D eigenvalue weighted by Crippen LogP contribution is 2.28. The lowest BCUT2D eigenvalue weighted by Crippen LogP contribution is -2.10. The van der Waals surface area contributed by atoms with Crippen LogP contribution in [-0.4, -0.2) is 4.98 Å². The Hall–Kier alpha value is -3.15. The minimum Gasteiger partial charge on any atom is -0.456 e. The molecule has 32 heavy (non-hydrogen) atoms. The molecule has 0 fully saturated rings. The van der Waals surface area contributed by atoms with Gasteiger partial charge in [-0.2, -0.15) is 5.10 Å². The molecule has 0 radical (unpaired) electrons. The minimum absolute atomic E-state index is 0.0947. The molecule has 160 valence electrons. The summed E-state index contributed by atoms with van der Waals surface area (Å²) in [6.07, 6.45) is 0. The van der Waals surface area contributed by atoms with Crippen molar-refractivity contribution in [3.8, 4) is 11.3 Å². The van der Waals surface area contributed by atoms with Crippen LogP contribution < -0.4 is 10.8 Å². The van der Waals surface area contributed by atoms with Crippen LogP contribution in [0.2, 0.25) is 5.02 Å². The van der Waals surface area contributed by atoms with E-state index in [1.165, 1.54) is 5.56 Å². The molecule has 0 bridgehead atoms. The number of aromatic nitrogens is 1. The number of thiazole rings is 1. The lowest BCUT2D eigenvalue weighted by molar-refractivity contribution is 0.589. The number of hydrogen-bond donors (Lipinski definition) is 1. The van der Waals surface area contributed by atoms with Crippen molar-refractivity contribution in [2.75, 3.05) is 5.43 Å². The molecular formula is C26H22ClN3OS. The Balaban J connectivity index is 1.60. The van der Waals surface area contributed by atoms with Gasteiger partial charge in [0, 0.05) is 22.0 Å². The highest BCUT2D eigenvalue weighted by molar-refractivity contribution is 7.22. The standard InChI is InChI=1S/C26H22ClN3OS/c1-26(2,3)17-10-8-16(9-11-17)23-15-21(19-14-18(27)12-13-22(19)31-23)29-30-25-28-20-6-4-5-7-24(20)32-25/h4-15H,1-3H3,(H,28,30). The van der Waals surface area contributed by atoms with Crippen LogP contribution in [0.1, 0.15) is 26.3 Å². The van der Waals surface area contributed by atoms with Gasteiger partial charge in [0.2, 0.25) is 5.13 Å². The molecule has 0 saturated carbocycles. The molecule has 5 aromatic rings. The first-order chi connectivity index (χ1) is 15.4. The molecule has 0 aliphatic carbocycles. The van der Waals surface area contributed by atoms with E-state index in [-0.39, 0.29) is 5.41 Å². The third-order valence-corrected chi connectivity index (χ3v) is 6.48. The summed E-state index contributed by atoms with van der Waals surface area (Å²) in [6.45, 7) is 6.62. The quantitative estimate of drug-likeness (QED) is 0.283. The van der Waals surface area contributed by atoms with Crippen molar-refractivity contribution in [3.63, 3.8) is 0 Å². The van der Waals surface area contributed by atoms with E-state index in [2.05, 4.69) is 60.5 Å². The zero-order valence-electron chi connectivity index (χ0n) is 18.0. The highest BCUT2D eigenvalue weighted by Gasteiger charge is 2.14. The average molecular weight is 460 g/mol. The molecular weight excluding hydrogens is 438 g/mol. The van der Waals surface area contributed by atoms with Crippen LogP contribution in [0.25, 0.3) is 32.5 Å². The maximum atomic E-state index is 6.26. The molecule has 0 unspecified atom stereocenters. The third-order valence-electron chi connectivity index (χ3n) is 5.31. The van der Waals surface area contributed by atoms with Gasteiger partial charge in [0.05, 0.1) is 15.6 Å². The van der Waals surface area contributed by atoms with E-state index in [0.29, 0.717) is 5.02 Å². The van der Waals surface area contributed by atoms with Crippen molar-refractivity contribution in [2.24, 2.45) is 5.10 Å². The number of fused-ring (bicyclic) bond motifs is 2. The summed E-state index contributed by atoms with van der Waals surface area (Å²) in [6, 6.07) is 24.0. The molecule has 6 heteroatoms. The van der Waals surface area contributed by atoms with E-state index in [4.69, 9.17) is 16.0 Å². The van der Waals surface area contributed by atoms with Gasteiger partial charge in [-0.1, -0.05) is 80.1 Å². The summed E-state index contributed by atoms with van der Waals surface area (Å²) in [7, 11) is 0. The number of halogens is 1. The topological polar surface area (TPSA) is 50.4 Å². The molecule has 0 aliphatic rings. The summed E-state index contributed by atoms with van der Waals surface area (Å²) < 4.78 is 7.32. The Morgan fingerprint density at radius 1 is 0.969 bits per heavy atom. The Morgan fingerprint density at radius 3 is 2.50 bits per heavy atom. The van der Waals surface area contributed by atoms with Crippen molar-refractivity contribution in [1.29, 1.82) is 0 Å². The molecule has 4 nitrogen and oxygen atoms in total. The molecule has 0 amide bonds. The van der Waals surface area contributed by atoms with Crippen LogP contribution in [0.15, 0.2) is 82.3 Å². The molecule has 0 saturated heterocycles. The zero-order valence-corrected chi connectivity index (χ0v) is 19.6. The average Bonchev–Trinajstić information content (AvgIpc) is 3.20. The van der Waals surface area contributed by atoms with E-state index >= 15 is 0 Å². The SMILES string of the molecule is CC(C)(C)c1ccc(-c2cc(=NNc3nc4ccccc4s3)c3cc(Cl)ccc3o2)cc1. The lowest BCUT2D eigenvalue weighted by atomic mass is 9.86. The number of anilines is 1. The molecule has 2 aromatic heterocycles. The van der Waals surface area contributed by atoms with E-state index < -0.39 is 0 Å². The van der Waals surface area contributed by atoms with Crippen molar-refractivity contribution in [1.82, 2.24) is 4.98 Å². The molecule has 2 heterocycles. The fraction of sp³-hybridized carbons (Fsp3) is 0.154. The zero-order chi connectivity index (χ0) is 22.3. The van der Waals surface area contributed by atoms with E-state index in [1.54, 1.807) is 11.3 Å². The first kappa shape index (κ1) is 20.7. The number of nitrogens with zero attached hydrogens (tertiary/aromatic N) is 2. The van der Waals surface area contributed by atoms with Crippen LogP contribution in [0.5, 0.6) is 0 Å². The maximum Gasteiger partial charge on any atom is 0.204 e. The van der Waals surface area contributed by atoms with Gasteiger partial charge in [0.25, 0.3) is 0 Å². The first-order valence-corrected chi connectivity index (χ1v) is 11.6. The number of nitrogens with one attached hydrogen (secondary N) is 1. The second-order valence-electron chi connectivity index (χ2n) is 8.67. The lowest BCUT2D eigenvalue weighted by Gasteiger charge is -2.19. The Labute approximate surface area is 195 Å². The Morgan fingerprint density at radius 2 is 1.75 bits per heavy atom. The van der Waals surface area contributed by atoms with Crippen molar-refractivity contribution < 1.29 is 4.42 Å². The largest absolute Gasteiger partial charge is 0.456 e. The van der Waals surface area contributed by atoms with E-state index in [0.717, 1.165) is 43.0 Å². The maximum absolute atomic E-state index is 6.26. The number of benzene rings is 3. The van der Waals surface area contributed by atoms with Crippen LogP contribution in [0.4, 0.5) is 5.13 Å². The van der Waals surface area contributed by atoms with Crippen LogP contribution in [0, 0.1) is 0 Å². The van der Waals surface area contributed by atoms with Gasteiger partial charge in [0.1, 0.15) is 11.3 Å². The minimum atomic E-state index is 0.0947. The normalized spacial score (nSPS) is 12.6. The monoisotopic (exact) mass is 459 g/mol. The highest BCUT2D eigenvalue weighted by atomic mass is 35.5. The fourth-order valence-electron chi connectivity index (χ4n) is 3.54. The predicted molar refractivity (Wildman–Crippen MR) is 134 cm³/mol. The van der Waals surface area contributed by atoms with Gasteiger partial charge >= 0.3 is 0 Å². The summed E-state index contributed by atoms with van der Waals surface area (Å²) >= 11 is 7.83. The summed E-state index contributed by atoms with van der Waals surface area (Å²) in [5.74, 6) is 0.741. The molecule has 5 rings (SSSR count). The van der Waals surface area contributed by atoms with Crippen LogP contribution in [0.3, 0.4) is 0 Å². The second kappa shape index (κ2) is 8.08. The second-order valence-corrected chi connectivity index (χ2v) is 10.1. The van der Waals surface area contributed by atoms with E-state index in [1.807, 2.05) is 48.5 Å². The van der Waals surface area contributed by atoms with E-state index in [9.17, 15) is 0 Å². The van der Waals surface area contributed by atoms with Gasteiger partial charge in [0.15, 0.2) is 0 Å². The van der Waals surface area contributed by atoms with Gasteiger partial charge in [-0.15, -0.1) is 0 Å². The van der Waals surface area contributed by atoms with Crippen molar-refractivity contribution in [3.05, 3.63) is 88.7 Å². The summed E-state index contributed by atoms with van der Waals surface area (Å²) in [5.41, 5.74) is 7.15. The number of para-hydroxylation sites is 1. The van der Waals surface area contributed by atoms with Gasteiger partial charge in [-0.05, 0) is 41.3 Å². The molecule has 3 aromatic carbocycles. The molecule has 0 spiro atoms. The van der Waals surface area contributed by atoms with Gasteiger partial charge in [-0.25, -0.2) is 4.98 Å². The Bertz CT molecular complexity index is 1460. The third kappa shape index (κ3) is 4.14. The Kier molecular flexibility index (Phi) is 5.24. The molecule has 1 N–H and O–H groups in total. The number of rotatable bonds is 3. The molecule has 0 aliphatic heterocycles. The molecule has 0 atom stereocenters. The van der Waals surface area contributed by atoms with Gasteiger partial charge in [-0.3, -0.25) is 5.43 Å². The van der Waals surface area contributed by atoms with Crippen LogP contribution in [-0.2, 0) is 5.41 Å². The first-order valence-electron chi connectivity index (χ1n) is 10.4.